The normalized spacial score (nSPS) is 16.6. The van der Waals surface area contributed by atoms with Crippen molar-refractivity contribution in [1.29, 1.82) is 0 Å². The van der Waals surface area contributed by atoms with Crippen molar-refractivity contribution in [3.63, 3.8) is 0 Å². The number of nitrogens with one attached hydrogen (secondary N) is 1. The first-order valence-electron chi connectivity index (χ1n) is 7.06. The fourth-order valence-corrected chi connectivity index (χ4v) is 4.63. The van der Waals surface area contributed by atoms with Crippen LogP contribution in [0.2, 0.25) is 0 Å². The summed E-state index contributed by atoms with van der Waals surface area (Å²) >= 11 is 3.29. The van der Waals surface area contributed by atoms with E-state index < -0.39 is 27.9 Å². The maximum Gasteiger partial charge on any atom is 0.269 e. The van der Waals surface area contributed by atoms with E-state index in [1.165, 1.54) is 19.1 Å². The molecule has 2 aromatic rings. The minimum Gasteiger partial charge on any atom is -0.324 e. The van der Waals surface area contributed by atoms with Crippen molar-refractivity contribution in [3.8, 4) is 0 Å². The zero-order valence-electron chi connectivity index (χ0n) is 12.6. The Morgan fingerprint density at radius 2 is 1.88 bits per heavy atom. The van der Waals surface area contributed by atoms with Gasteiger partial charge < -0.3 is 5.32 Å². The van der Waals surface area contributed by atoms with Crippen LogP contribution in [0.25, 0.3) is 0 Å². The van der Waals surface area contributed by atoms with Crippen molar-refractivity contribution in [2.45, 2.75) is 17.9 Å². The third kappa shape index (κ3) is 2.71. The van der Waals surface area contributed by atoms with E-state index in [9.17, 15) is 18.0 Å². The smallest absolute Gasteiger partial charge is 0.269 e. The van der Waals surface area contributed by atoms with E-state index in [1.807, 2.05) is 0 Å². The summed E-state index contributed by atoms with van der Waals surface area (Å²) in [6.45, 7) is 1.38. The predicted molar refractivity (Wildman–Crippen MR) is 92.0 cm³/mol. The molecule has 1 N–H and O–H groups in total. The molecule has 0 aliphatic carbocycles. The van der Waals surface area contributed by atoms with E-state index in [0.29, 0.717) is 9.99 Å². The fourth-order valence-electron chi connectivity index (χ4n) is 2.51. The molecular formula is C16H13BrN2O4S. The molecule has 1 atom stereocenters. The Labute approximate surface area is 147 Å². The number of hydrogen-bond acceptors (Lipinski definition) is 4. The zero-order valence-corrected chi connectivity index (χ0v) is 15.0. The molecule has 1 heterocycles. The second kappa shape index (κ2) is 6.03. The third-order valence-electron chi connectivity index (χ3n) is 3.68. The highest BCUT2D eigenvalue weighted by atomic mass is 79.9. The number of amides is 2. The van der Waals surface area contributed by atoms with Crippen LogP contribution in [0, 0.1) is 0 Å². The summed E-state index contributed by atoms with van der Waals surface area (Å²) < 4.78 is 26.5. The molecule has 124 valence electrons. The molecule has 0 radical (unpaired) electrons. The van der Waals surface area contributed by atoms with Gasteiger partial charge in [0.25, 0.3) is 15.9 Å². The van der Waals surface area contributed by atoms with Crippen LogP contribution in [-0.4, -0.2) is 30.6 Å². The molecule has 0 saturated heterocycles. The van der Waals surface area contributed by atoms with Crippen LogP contribution in [0.1, 0.15) is 17.3 Å². The van der Waals surface area contributed by atoms with Crippen molar-refractivity contribution in [1.82, 2.24) is 4.31 Å². The molecule has 0 saturated carbocycles. The van der Waals surface area contributed by atoms with Crippen molar-refractivity contribution in [2.24, 2.45) is 0 Å². The van der Waals surface area contributed by atoms with Crippen molar-refractivity contribution in [3.05, 3.63) is 58.6 Å². The van der Waals surface area contributed by atoms with Gasteiger partial charge in [0.05, 0.1) is 5.56 Å². The van der Waals surface area contributed by atoms with E-state index in [4.69, 9.17) is 0 Å². The molecule has 0 bridgehead atoms. The topological polar surface area (TPSA) is 83.6 Å². The van der Waals surface area contributed by atoms with Gasteiger partial charge in [-0.1, -0.05) is 34.1 Å². The van der Waals surface area contributed by atoms with Gasteiger partial charge in [-0.25, -0.2) is 12.7 Å². The molecule has 0 fully saturated rings. The van der Waals surface area contributed by atoms with E-state index in [1.54, 1.807) is 36.4 Å². The SMILES string of the molecule is C[C@H](C(=O)Nc1cccc(Br)c1)N1C(=O)c2ccccc2S1(=O)=O. The van der Waals surface area contributed by atoms with E-state index in [2.05, 4.69) is 21.2 Å². The molecular weight excluding hydrogens is 396 g/mol. The Hall–Kier alpha value is -2.19. The standard InChI is InChI=1S/C16H13BrN2O4S/c1-10(15(20)18-12-6-4-5-11(17)9-12)19-16(21)13-7-2-3-8-14(13)24(19,22)23/h2-10H,1H3,(H,18,20)/t10-/m1/s1. The highest BCUT2D eigenvalue weighted by Crippen LogP contribution is 2.32. The van der Waals surface area contributed by atoms with E-state index in [-0.39, 0.29) is 10.5 Å². The molecule has 8 heteroatoms. The number of nitrogens with zero attached hydrogens (tertiary/aromatic N) is 1. The highest BCUT2D eigenvalue weighted by molar-refractivity contribution is 9.10. The Balaban J connectivity index is 1.89. The Morgan fingerprint density at radius 3 is 2.54 bits per heavy atom. The number of benzene rings is 2. The Kier molecular flexibility index (Phi) is 4.18. The summed E-state index contributed by atoms with van der Waals surface area (Å²) in [7, 11) is -4.03. The molecule has 24 heavy (non-hydrogen) atoms. The number of hydrogen-bond donors (Lipinski definition) is 1. The van der Waals surface area contributed by atoms with Gasteiger partial charge in [-0.15, -0.1) is 0 Å². The van der Waals surface area contributed by atoms with Gasteiger partial charge in [-0.2, -0.15) is 0 Å². The van der Waals surface area contributed by atoms with Crippen LogP contribution < -0.4 is 5.32 Å². The Bertz CT molecular complexity index is 943. The zero-order chi connectivity index (χ0) is 17.5. The second-order valence-electron chi connectivity index (χ2n) is 5.28. The van der Waals surface area contributed by atoms with Crippen LogP contribution >= 0.6 is 15.9 Å². The predicted octanol–water partition coefficient (Wildman–Crippen LogP) is 2.62. The average Bonchev–Trinajstić information content (AvgIpc) is 2.74. The van der Waals surface area contributed by atoms with Gasteiger partial charge in [0.1, 0.15) is 10.9 Å². The molecule has 2 amide bonds. The first-order chi connectivity index (χ1) is 11.3. The molecule has 2 aromatic carbocycles. The van der Waals surface area contributed by atoms with Gasteiger partial charge in [-0.3, -0.25) is 9.59 Å². The van der Waals surface area contributed by atoms with Crippen LogP contribution in [0.4, 0.5) is 5.69 Å². The number of halogens is 1. The second-order valence-corrected chi connectivity index (χ2v) is 7.98. The molecule has 0 unspecified atom stereocenters. The van der Waals surface area contributed by atoms with Crippen molar-refractivity contribution >= 4 is 43.5 Å². The molecule has 3 rings (SSSR count). The Morgan fingerprint density at radius 1 is 1.17 bits per heavy atom. The highest BCUT2D eigenvalue weighted by Gasteiger charge is 2.45. The summed E-state index contributed by atoms with van der Waals surface area (Å²) in [5, 5.41) is 2.62. The molecule has 0 spiro atoms. The van der Waals surface area contributed by atoms with Crippen molar-refractivity contribution < 1.29 is 18.0 Å². The first kappa shape index (κ1) is 16.7. The van der Waals surface area contributed by atoms with Gasteiger partial charge in [-0.05, 0) is 37.3 Å². The number of anilines is 1. The van der Waals surface area contributed by atoms with Crippen LogP contribution in [0.15, 0.2) is 57.9 Å². The lowest BCUT2D eigenvalue weighted by Crippen LogP contribution is -2.45. The van der Waals surface area contributed by atoms with Gasteiger partial charge in [0.15, 0.2) is 0 Å². The monoisotopic (exact) mass is 408 g/mol. The number of carbonyl (C=O) groups excluding carboxylic acids is 2. The summed E-state index contributed by atoms with van der Waals surface area (Å²) in [6, 6.07) is 11.6. The lowest BCUT2D eigenvalue weighted by molar-refractivity contribution is -0.118. The minimum absolute atomic E-state index is 0.0721. The lowest BCUT2D eigenvalue weighted by Gasteiger charge is -2.22. The number of fused-ring (bicyclic) bond motifs is 1. The lowest BCUT2D eigenvalue weighted by atomic mass is 10.2. The van der Waals surface area contributed by atoms with Crippen molar-refractivity contribution in [2.75, 3.05) is 5.32 Å². The van der Waals surface area contributed by atoms with Crippen LogP contribution in [0.3, 0.4) is 0 Å². The van der Waals surface area contributed by atoms with Gasteiger partial charge in [0.2, 0.25) is 5.91 Å². The largest absolute Gasteiger partial charge is 0.324 e. The summed E-state index contributed by atoms with van der Waals surface area (Å²) in [6.07, 6.45) is 0. The maximum atomic E-state index is 12.6. The van der Waals surface area contributed by atoms with Crippen LogP contribution in [-0.2, 0) is 14.8 Å². The van der Waals surface area contributed by atoms with Crippen LogP contribution in [0.5, 0.6) is 0 Å². The third-order valence-corrected chi connectivity index (χ3v) is 6.08. The average molecular weight is 409 g/mol. The van der Waals surface area contributed by atoms with E-state index >= 15 is 0 Å². The van der Waals surface area contributed by atoms with Gasteiger partial charge >= 0.3 is 0 Å². The van der Waals surface area contributed by atoms with E-state index in [0.717, 1.165) is 4.47 Å². The summed E-state index contributed by atoms with van der Waals surface area (Å²) in [5.74, 6) is -1.28. The summed E-state index contributed by atoms with van der Waals surface area (Å²) in [5.41, 5.74) is 0.586. The van der Waals surface area contributed by atoms with Gasteiger partial charge in [0, 0.05) is 10.2 Å². The quantitative estimate of drug-likeness (QED) is 0.845. The maximum absolute atomic E-state index is 12.6. The fraction of sp³-hybridized carbons (Fsp3) is 0.125. The molecule has 6 nitrogen and oxygen atoms in total. The molecule has 1 aliphatic rings. The number of carbonyl (C=O) groups is 2. The molecule has 1 aliphatic heterocycles. The first-order valence-corrected chi connectivity index (χ1v) is 9.30. The minimum atomic E-state index is -4.03. The molecule has 0 aromatic heterocycles. The number of rotatable bonds is 3. The summed E-state index contributed by atoms with van der Waals surface area (Å²) in [4.78, 5) is 24.8. The number of sulfonamides is 1.